The van der Waals surface area contributed by atoms with Gasteiger partial charge in [-0.3, -0.25) is 4.99 Å². The second-order valence-electron chi connectivity index (χ2n) is 5.38. The fourth-order valence-corrected chi connectivity index (χ4v) is 2.38. The molecule has 0 saturated carbocycles. The fourth-order valence-electron chi connectivity index (χ4n) is 2.38. The molecule has 0 N–H and O–H groups in total. The van der Waals surface area contributed by atoms with Crippen LogP contribution in [0.1, 0.15) is 30.5 Å². The Bertz CT molecular complexity index is 588. The molecule has 110 valence electrons. The van der Waals surface area contributed by atoms with E-state index in [9.17, 15) is 0 Å². The Kier molecular flexibility index (Phi) is 5.15. The molecular weight excluding hydrogens is 256 g/mol. The van der Waals surface area contributed by atoms with Gasteiger partial charge in [0.2, 0.25) is 0 Å². The van der Waals surface area contributed by atoms with E-state index in [2.05, 4.69) is 61.2 Å². The van der Waals surface area contributed by atoms with Gasteiger partial charge in [-0.05, 0) is 41.7 Å². The maximum Gasteiger partial charge on any atom is 0.0693 e. The van der Waals surface area contributed by atoms with Gasteiger partial charge in [0.15, 0.2) is 0 Å². The van der Waals surface area contributed by atoms with Gasteiger partial charge in [-0.1, -0.05) is 44.2 Å². The van der Waals surface area contributed by atoms with Gasteiger partial charge in [-0.15, -0.1) is 0 Å². The van der Waals surface area contributed by atoms with E-state index in [4.69, 9.17) is 4.99 Å². The smallest absolute Gasteiger partial charge is 0.0693 e. The largest absolute Gasteiger partial charge is 0.378 e. The van der Waals surface area contributed by atoms with Crippen molar-refractivity contribution in [2.24, 2.45) is 4.99 Å². The average Bonchev–Trinajstić information content (AvgIpc) is 2.52. The van der Waals surface area contributed by atoms with Crippen molar-refractivity contribution in [1.82, 2.24) is 0 Å². The number of benzene rings is 2. The van der Waals surface area contributed by atoms with Crippen LogP contribution in [0.2, 0.25) is 0 Å². The summed E-state index contributed by atoms with van der Waals surface area (Å²) < 4.78 is 0. The van der Waals surface area contributed by atoms with E-state index in [0.717, 1.165) is 24.1 Å². The van der Waals surface area contributed by atoms with Crippen molar-refractivity contribution >= 4 is 17.6 Å². The normalized spacial score (nSPS) is 11.0. The molecule has 0 aliphatic rings. The minimum Gasteiger partial charge on any atom is -0.378 e. The van der Waals surface area contributed by atoms with Gasteiger partial charge in [0.05, 0.1) is 5.69 Å². The van der Waals surface area contributed by atoms with E-state index in [-0.39, 0.29) is 0 Å². The predicted molar refractivity (Wildman–Crippen MR) is 93.2 cm³/mol. The monoisotopic (exact) mass is 280 g/mol. The van der Waals surface area contributed by atoms with Gasteiger partial charge in [0, 0.05) is 26.0 Å². The van der Waals surface area contributed by atoms with Crippen molar-refractivity contribution in [3.63, 3.8) is 0 Å². The highest BCUT2D eigenvalue weighted by Crippen LogP contribution is 2.25. The van der Waals surface area contributed by atoms with Crippen LogP contribution in [0.4, 0.5) is 11.4 Å². The van der Waals surface area contributed by atoms with Gasteiger partial charge >= 0.3 is 0 Å². The van der Waals surface area contributed by atoms with Crippen LogP contribution in [-0.2, 0) is 12.8 Å². The topological polar surface area (TPSA) is 15.6 Å². The van der Waals surface area contributed by atoms with Gasteiger partial charge in [0.25, 0.3) is 0 Å². The summed E-state index contributed by atoms with van der Waals surface area (Å²) in [5.41, 5.74) is 6.11. The summed E-state index contributed by atoms with van der Waals surface area (Å²) in [5.74, 6) is 0. The molecule has 0 radical (unpaired) electrons. The molecule has 2 nitrogen and oxygen atoms in total. The Morgan fingerprint density at radius 2 is 1.48 bits per heavy atom. The van der Waals surface area contributed by atoms with Gasteiger partial charge in [-0.25, -0.2) is 0 Å². The maximum atomic E-state index is 4.75. The molecular formula is C19H24N2. The Labute approximate surface area is 128 Å². The molecule has 21 heavy (non-hydrogen) atoms. The maximum absolute atomic E-state index is 4.75. The zero-order valence-electron chi connectivity index (χ0n) is 13.4. The third kappa shape index (κ3) is 3.72. The van der Waals surface area contributed by atoms with E-state index < -0.39 is 0 Å². The summed E-state index contributed by atoms with van der Waals surface area (Å²) in [6, 6.07) is 14.9. The van der Waals surface area contributed by atoms with E-state index in [1.165, 1.54) is 16.8 Å². The zero-order chi connectivity index (χ0) is 15.2. The van der Waals surface area contributed by atoms with Crippen molar-refractivity contribution < 1.29 is 0 Å². The van der Waals surface area contributed by atoms with Crippen LogP contribution >= 0.6 is 0 Å². The number of para-hydroxylation sites is 1. The highest BCUT2D eigenvalue weighted by atomic mass is 15.1. The van der Waals surface area contributed by atoms with Gasteiger partial charge < -0.3 is 4.90 Å². The number of aryl methyl sites for hydroxylation is 2. The molecule has 2 rings (SSSR count). The Hall–Kier alpha value is -2.09. The third-order valence-corrected chi connectivity index (χ3v) is 3.72. The SMILES string of the molecule is CCc1cccc(CC)c1N=Cc1ccc(N(C)C)cc1. The standard InChI is InChI=1S/C19H24N2/c1-5-16-8-7-9-17(6-2)19(16)20-14-15-10-12-18(13-11-15)21(3)4/h7-14H,5-6H2,1-4H3. The quantitative estimate of drug-likeness (QED) is 0.729. The van der Waals surface area contributed by atoms with E-state index in [1.54, 1.807) is 0 Å². The van der Waals surface area contributed by atoms with Crippen LogP contribution in [-0.4, -0.2) is 20.3 Å². The lowest BCUT2D eigenvalue weighted by atomic mass is 10.0. The molecule has 0 atom stereocenters. The number of nitrogens with zero attached hydrogens (tertiary/aromatic N) is 2. The first-order valence-electron chi connectivity index (χ1n) is 7.58. The minimum atomic E-state index is 1.01. The lowest BCUT2D eigenvalue weighted by molar-refractivity contribution is 1.08. The minimum absolute atomic E-state index is 1.01. The molecule has 2 aromatic carbocycles. The molecule has 0 fully saturated rings. The summed E-state index contributed by atoms with van der Waals surface area (Å²) in [4.78, 5) is 6.85. The summed E-state index contributed by atoms with van der Waals surface area (Å²) >= 11 is 0. The number of anilines is 1. The summed E-state index contributed by atoms with van der Waals surface area (Å²) in [6.45, 7) is 4.36. The molecule has 0 aliphatic carbocycles. The first-order valence-corrected chi connectivity index (χ1v) is 7.58. The summed E-state index contributed by atoms with van der Waals surface area (Å²) in [5, 5.41) is 0. The number of hydrogen-bond donors (Lipinski definition) is 0. The molecule has 2 aromatic rings. The second kappa shape index (κ2) is 7.07. The molecule has 0 heterocycles. The highest BCUT2D eigenvalue weighted by Gasteiger charge is 2.04. The van der Waals surface area contributed by atoms with Crippen LogP contribution in [0, 0.1) is 0 Å². The second-order valence-corrected chi connectivity index (χ2v) is 5.38. The van der Waals surface area contributed by atoms with Crippen LogP contribution < -0.4 is 4.90 Å². The Morgan fingerprint density at radius 3 is 1.95 bits per heavy atom. The van der Waals surface area contributed by atoms with Crippen molar-refractivity contribution in [2.75, 3.05) is 19.0 Å². The lowest BCUT2D eigenvalue weighted by Gasteiger charge is -2.12. The summed E-state index contributed by atoms with van der Waals surface area (Å²) in [7, 11) is 4.10. The molecule has 0 amide bonds. The lowest BCUT2D eigenvalue weighted by Crippen LogP contribution is -2.08. The molecule has 0 aromatic heterocycles. The first kappa shape index (κ1) is 15.3. The van der Waals surface area contributed by atoms with Crippen LogP contribution in [0.25, 0.3) is 0 Å². The van der Waals surface area contributed by atoms with Crippen molar-refractivity contribution in [2.45, 2.75) is 26.7 Å². The molecule has 0 aliphatic heterocycles. The van der Waals surface area contributed by atoms with Gasteiger partial charge in [-0.2, -0.15) is 0 Å². The van der Waals surface area contributed by atoms with Crippen LogP contribution in [0.5, 0.6) is 0 Å². The third-order valence-electron chi connectivity index (χ3n) is 3.72. The van der Waals surface area contributed by atoms with Crippen molar-refractivity contribution in [3.05, 3.63) is 59.2 Å². The highest BCUT2D eigenvalue weighted by molar-refractivity contribution is 5.83. The molecule has 0 saturated heterocycles. The van der Waals surface area contributed by atoms with E-state index in [0.29, 0.717) is 0 Å². The van der Waals surface area contributed by atoms with Crippen LogP contribution in [0.3, 0.4) is 0 Å². The fraction of sp³-hybridized carbons (Fsp3) is 0.316. The molecule has 0 unspecified atom stereocenters. The molecule has 0 bridgehead atoms. The molecule has 2 heteroatoms. The predicted octanol–water partition coefficient (Wildman–Crippen LogP) is 4.63. The number of hydrogen-bond acceptors (Lipinski definition) is 2. The summed E-state index contributed by atoms with van der Waals surface area (Å²) in [6.07, 6.45) is 3.99. The van der Waals surface area contributed by atoms with Crippen molar-refractivity contribution in [3.8, 4) is 0 Å². The van der Waals surface area contributed by atoms with E-state index in [1.807, 2.05) is 20.3 Å². The van der Waals surface area contributed by atoms with E-state index >= 15 is 0 Å². The van der Waals surface area contributed by atoms with Crippen molar-refractivity contribution in [1.29, 1.82) is 0 Å². The number of aliphatic imine (C=N–C) groups is 1. The Balaban J connectivity index is 2.28. The zero-order valence-corrected chi connectivity index (χ0v) is 13.4. The van der Waals surface area contributed by atoms with Crippen LogP contribution in [0.15, 0.2) is 47.5 Å². The molecule has 0 spiro atoms. The Morgan fingerprint density at radius 1 is 0.905 bits per heavy atom. The van der Waals surface area contributed by atoms with Gasteiger partial charge in [0.1, 0.15) is 0 Å². The number of rotatable bonds is 5. The average molecular weight is 280 g/mol. The first-order chi connectivity index (χ1) is 10.2.